The van der Waals surface area contributed by atoms with E-state index in [2.05, 4.69) is 15.9 Å². The van der Waals surface area contributed by atoms with Gasteiger partial charge in [-0.3, -0.25) is 29.9 Å². The molecule has 0 spiro atoms. The molecule has 1 aromatic carbocycles. The number of carbonyl (C=O) groups excluding carboxylic acids is 3. The molecule has 1 saturated heterocycles. The summed E-state index contributed by atoms with van der Waals surface area (Å²) in [6, 6.07) is 6.52. The average Bonchev–Trinajstić information content (AvgIpc) is 3.05. The molecule has 2 heterocycles. The number of nitrogens with zero attached hydrogens (tertiary/aromatic N) is 2. The van der Waals surface area contributed by atoms with E-state index in [1.165, 1.54) is 37.4 Å². The van der Waals surface area contributed by atoms with Gasteiger partial charge in [0.05, 0.1) is 4.92 Å². The number of hydrogen-bond donors (Lipinski definition) is 1. The predicted octanol–water partition coefficient (Wildman–Crippen LogP) is 2.71. The number of rotatable bonds is 3. The molecule has 1 fully saturated rings. The zero-order valence-corrected chi connectivity index (χ0v) is 14.8. The van der Waals surface area contributed by atoms with E-state index in [0.717, 1.165) is 4.90 Å². The third-order valence-corrected chi connectivity index (χ3v) is 4.30. The van der Waals surface area contributed by atoms with Gasteiger partial charge in [-0.15, -0.1) is 0 Å². The quantitative estimate of drug-likeness (QED) is 0.353. The van der Waals surface area contributed by atoms with Crippen LogP contribution in [0.2, 0.25) is 0 Å². The van der Waals surface area contributed by atoms with Crippen molar-refractivity contribution < 1.29 is 23.7 Å². The van der Waals surface area contributed by atoms with Crippen molar-refractivity contribution in [2.45, 2.75) is 0 Å². The van der Waals surface area contributed by atoms with E-state index in [1.807, 2.05) is 5.32 Å². The van der Waals surface area contributed by atoms with Gasteiger partial charge in [0.2, 0.25) is 0 Å². The van der Waals surface area contributed by atoms with Gasteiger partial charge in [0.15, 0.2) is 0 Å². The van der Waals surface area contributed by atoms with Gasteiger partial charge >= 0.3 is 6.03 Å². The van der Waals surface area contributed by atoms with E-state index in [-0.39, 0.29) is 17.0 Å². The summed E-state index contributed by atoms with van der Waals surface area (Å²) in [6.45, 7) is 0. The lowest BCUT2D eigenvalue weighted by Gasteiger charge is -2.21. The molecule has 0 saturated carbocycles. The van der Waals surface area contributed by atoms with Gasteiger partial charge in [-0.05, 0) is 40.2 Å². The van der Waals surface area contributed by atoms with Gasteiger partial charge < -0.3 is 4.42 Å². The summed E-state index contributed by atoms with van der Waals surface area (Å²) in [5.74, 6) is -0.959. The molecular formula is C16H10BrN3O6. The molecule has 0 aliphatic carbocycles. The zero-order chi connectivity index (χ0) is 19.0. The van der Waals surface area contributed by atoms with Gasteiger partial charge in [0.1, 0.15) is 17.1 Å². The number of benzene rings is 1. The van der Waals surface area contributed by atoms with Crippen LogP contribution in [0.4, 0.5) is 10.5 Å². The Morgan fingerprint density at radius 1 is 1.23 bits per heavy atom. The number of hydrogen-bond acceptors (Lipinski definition) is 6. The lowest BCUT2D eigenvalue weighted by atomic mass is 10.1. The van der Waals surface area contributed by atoms with E-state index < -0.39 is 22.8 Å². The summed E-state index contributed by atoms with van der Waals surface area (Å²) in [6.07, 6.45) is 1.23. The topological polar surface area (TPSA) is 123 Å². The Morgan fingerprint density at radius 2 is 1.96 bits per heavy atom. The van der Waals surface area contributed by atoms with Crippen LogP contribution in [0.3, 0.4) is 0 Å². The molecule has 3 rings (SSSR count). The fourth-order valence-electron chi connectivity index (χ4n) is 2.28. The third-order valence-electron chi connectivity index (χ3n) is 3.65. The first-order valence-electron chi connectivity index (χ1n) is 7.17. The fourth-order valence-corrected chi connectivity index (χ4v) is 2.84. The lowest BCUT2D eigenvalue weighted by molar-refractivity contribution is -0.384. The van der Waals surface area contributed by atoms with Gasteiger partial charge in [-0.2, -0.15) is 0 Å². The number of likely N-dealkylation sites (N-methyl/N-ethyl adjacent to an activating group) is 1. The summed E-state index contributed by atoms with van der Waals surface area (Å²) in [4.78, 5) is 46.3. The minimum Gasteiger partial charge on any atom is -0.457 e. The summed E-state index contributed by atoms with van der Waals surface area (Å²) in [5, 5.41) is 12.8. The van der Waals surface area contributed by atoms with Crippen molar-refractivity contribution in [1.29, 1.82) is 0 Å². The third kappa shape index (κ3) is 3.14. The second kappa shape index (κ2) is 6.56. The second-order valence-corrected chi connectivity index (χ2v) is 6.16. The van der Waals surface area contributed by atoms with Gasteiger partial charge in [0, 0.05) is 29.2 Å². The molecule has 10 heteroatoms. The van der Waals surface area contributed by atoms with Crippen LogP contribution < -0.4 is 5.32 Å². The van der Waals surface area contributed by atoms with E-state index >= 15 is 0 Å². The average molecular weight is 420 g/mol. The number of halogens is 1. The number of nitro groups is 1. The van der Waals surface area contributed by atoms with Crippen LogP contribution >= 0.6 is 15.9 Å². The molecule has 2 aromatic rings. The number of urea groups is 1. The fraction of sp³-hybridized carbons (Fsp3) is 0.0625. The molecule has 26 heavy (non-hydrogen) atoms. The Bertz CT molecular complexity index is 994. The Morgan fingerprint density at radius 3 is 2.62 bits per heavy atom. The Balaban J connectivity index is 1.93. The smallest absolute Gasteiger partial charge is 0.331 e. The minimum absolute atomic E-state index is 0.0771. The first-order chi connectivity index (χ1) is 12.3. The first-order valence-corrected chi connectivity index (χ1v) is 7.96. The molecule has 0 radical (unpaired) electrons. The largest absolute Gasteiger partial charge is 0.457 e. The van der Waals surface area contributed by atoms with Crippen molar-refractivity contribution >= 4 is 45.5 Å². The Kier molecular flexibility index (Phi) is 4.43. The molecule has 1 aromatic heterocycles. The maximum absolute atomic E-state index is 12.0. The normalized spacial score (nSPS) is 16.2. The van der Waals surface area contributed by atoms with Crippen LogP contribution in [0.1, 0.15) is 5.76 Å². The monoisotopic (exact) mass is 419 g/mol. The highest BCUT2D eigenvalue weighted by molar-refractivity contribution is 9.10. The number of non-ortho nitro benzene ring substituents is 1. The first kappa shape index (κ1) is 17.5. The lowest BCUT2D eigenvalue weighted by Crippen LogP contribution is -2.52. The molecule has 1 aliphatic rings. The van der Waals surface area contributed by atoms with Crippen LogP contribution in [-0.4, -0.2) is 34.7 Å². The molecular weight excluding hydrogens is 410 g/mol. The number of barbiturate groups is 1. The number of amides is 4. The van der Waals surface area contributed by atoms with E-state index in [0.29, 0.717) is 15.8 Å². The molecule has 4 amide bonds. The molecule has 0 unspecified atom stereocenters. The maximum Gasteiger partial charge on any atom is 0.331 e. The highest BCUT2D eigenvalue weighted by Crippen LogP contribution is 2.33. The molecule has 9 nitrogen and oxygen atoms in total. The van der Waals surface area contributed by atoms with Crippen LogP contribution in [0.25, 0.3) is 17.4 Å². The standard InChI is InChI=1S/C16H10BrN3O6/c1-19-15(22)11(14(21)18-16(19)23)7-9-3-5-13(26-9)10-4-2-8(20(24)25)6-12(10)17/h2-7H,1H3,(H,18,21,23)/b11-7+. The molecule has 1 aliphatic heterocycles. The highest BCUT2D eigenvalue weighted by atomic mass is 79.9. The summed E-state index contributed by atoms with van der Waals surface area (Å²) < 4.78 is 6.06. The number of carbonyl (C=O) groups is 3. The number of nitrogens with one attached hydrogen (secondary N) is 1. The van der Waals surface area contributed by atoms with Gasteiger partial charge in [-0.1, -0.05) is 0 Å². The van der Waals surface area contributed by atoms with Crippen molar-refractivity contribution in [3.63, 3.8) is 0 Å². The van der Waals surface area contributed by atoms with Gasteiger partial charge in [0.25, 0.3) is 17.5 Å². The molecule has 0 bridgehead atoms. The summed E-state index contributed by atoms with van der Waals surface area (Å²) >= 11 is 3.25. The van der Waals surface area contributed by atoms with Crippen LogP contribution in [0, 0.1) is 10.1 Å². The van der Waals surface area contributed by atoms with E-state index in [1.54, 1.807) is 6.07 Å². The van der Waals surface area contributed by atoms with Crippen molar-refractivity contribution in [2.75, 3.05) is 7.05 Å². The van der Waals surface area contributed by atoms with E-state index in [4.69, 9.17) is 4.42 Å². The van der Waals surface area contributed by atoms with Gasteiger partial charge in [-0.25, -0.2) is 4.79 Å². The number of imide groups is 2. The maximum atomic E-state index is 12.0. The number of furan rings is 1. The van der Waals surface area contributed by atoms with Crippen molar-refractivity contribution in [2.24, 2.45) is 0 Å². The second-order valence-electron chi connectivity index (χ2n) is 5.30. The zero-order valence-electron chi connectivity index (χ0n) is 13.2. The van der Waals surface area contributed by atoms with Crippen LogP contribution in [-0.2, 0) is 9.59 Å². The summed E-state index contributed by atoms with van der Waals surface area (Å²) in [7, 11) is 1.25. The predicted molar refractivity (Wildman–Crippen MR) is 92.8 cm³/mol. The molecule has 1 N–H and O–H groups in total. The van der Waals surface area contributed by atoms with Crippen molar-refractivity contribution in [1.82, 2.24) is 10.2 Å². The minimum atomic E-state index is -0.812. The van der Waals surface area contributed by atoms with Crippen molar-refractivity contribution in [3.8, 4) is 11.3 Å². The Hall–Kier alpha value is -3.27. The molecule has 0 atom stereocenters. The van der Waals surface area contributed by atoms with Crippen molar-refractivity contribution in [3.05, 3.63) is 56.3 Å². The van der Waals surface area contributed by atoms with Crippen LogP contribution in [0.5, 0.6) is 0 Å². The summed E-state index contributed by atoms with van der Waals surface area (Å²) in [5.41, 5.74) is 0.245. The number of nitro benzene ring substituents is 1. The van der Waals surface area contributed by atoms with E-state index in [9.17, 15) is 24.5 Å². The van der Waals surface area contributed by atoms with Crippen LogP contribution in [0.15, 0.2) is 44.8 Å². The highest BCUT2D eigenvalue weighted by Gasteiger charge is 2.33. The Labute approximate surface area is 154 Å². The SMILES string of the molecule is CN1C(=O)NC(=O)/C(=C\c2ccc(-c3ccc([N+](=O)[O-])cc3Br)o2)C1=O. The molecule has 132 valence electrons.